The lowest BCUT2D eigenvalue weighted by molar-refractivity contribution is 1.11. The van der Waals surface area contributed by atoms with Crippen LogP contribution in [0.2, 0.25) is 5.02 Å². The molecule has 4 rings (SSSR count). The van der Waals surface area contributed by atoms with Gasteiger partial charge in [0.25, 0.3) is 0 Å². The van der Waals surface area contributed by atoms with E-state index in [-0.39, 0.29) is 0 Å². The molecule has 0 radical (unpaired) electrons. The molecule has 0 spiro atoms. The van der Waals surface area contributed by atoms with Gasteiger partial charge in [-0.2, -0.15) is 0 Å². The van der Waals surface area contributed by atoms with E-state index in [0.717, 1.165) is 38.1 Å². The molecule has 2 aromatic carbocycles. The normalized spacial score (nSPS) is 10.8. The SMILES string of the molecule is Cc1cccc(-c2nc(N)sc2-c2ccnc(NCc3ccc(Cl)cc3)c2)c1. The van der Waals surface area contributed by atoms with Gasteiger partial charge in [0.05, 0.1) is 10.6 Å². The number of nitrogen functional groups attached to an aromatic ring is 1. The topological polar surface area (TPSA) is 63.8 Å². The minimum absolute atomic E-state index is 0.555. The average molecular weight is 407 g/mol. The van der Waals surface area contributed by atoms with Crippen LogP contribution in [-0.2, 0) is 6.54 Å². The zero-order chi connectivity index (χ0) is 19.5. The van der Waals surface area contributed by atoms with Gasteiger partial charge in [0.2, 0.25) is 0 Å². The highest BCUT2D eigenvalue weighted by Crippen LogP contribution is 2.38. The zero-order valence-corrected chi connectivity index (χ0v) is 16.9. The molecule has 0 fully saturated rings. The number of anilines is 2. The summed E-state index contributed by atoms with van der Waals surface area (Å²) in [5.41, 5.74) is 11.4. The molecule has 2 heterocycles. The van der Waals surface area contributed by atoms with Gasteiger partial charge in [-0.05, 0) is 48.4 Å². The van der Waals surface area contributed by atoms with Crippen LogP contribution < -0.4 is 11.1 Å². The Balaban J connectivity index is 1.62. The number of aryl methyl sites for hydroxylation is 1. The van der Waals surface area contributed by atoms with Crippen molar-refractivity contribution in [1.82, 2.24) is 9.97 Å². The van der Waals surface area contributed by atoms with Gasteiger partial charge in [-0.3, -0.25) is 0 Å². The molecule has 0 aliphatic carbocycles. The van der Waals surface area contributed by atoms with E-state index >= 15 is 0 Å². The van der Waals surface area contributed by atoms with Crippen LogP contribution in [0.15, 0.2) is 66.9 Å². The van der Waals surface area contributed by atoms with Gasteiger partial charge in [0, 0.05) is 23.3 Å². The van der Waals surface area contributed by atoms with Crippen molar-refractivity contribution in [2.24, 2.45) is 0 Å². The van der Waals surface area contributed by atoms with Crippen LogP contribution in [0.5, 0.6) is 0 Å². The lowest BCUT2D eigenvalue weighted by Crippen LogP contribution is -2.01. The summed E-state index contributed by atoms with van der Waals surface area (Å²) in [4.78, 5) is 10.1. The standard InChI is InChI=1S/C22H19ClN4S/c1-14-3-2-4-16(11-14)20-21(28-22(24)27-20)17-9-10-25-19(12-17)26-13-15-5-7-18(23)8-6-15/h2-12H,13H2,1H3,(H2,24,27)(H,25,26). The molecular weight excluding hydrogens is 388 g/mol. The molecule has 0 saturated heterocycles. The van der Waals surface area contributed by atoms with E-state index in [0.29, 0.717) is 11.7 Å². The molecule has 6 heteroatoms. The number of pyridine rings is 1. The second kappa shape index (κ2) is 8.00. The lowest BCUT2D eigenvalue weighted by atomic mass is 10.1. The maximum absolute atomic E-state index is 6.04. The molecule has 3 N–H and O–H groups in total. The van der Waals surface area contributed by atoms with E-state index in [2.05, 4.69) is 40.4 Å². The number of nitrogens with two attached hydrogens (primary N) is 1. The van der Waals surface area contributed by atoms with E-state index < -0.39 is 0 Å². The first-order valence-corrected chi connectivity index (χ1v) is 10.1. The van der Waals surface area contributed by atoms with E-state index in [1.54, 1.807) is 6.20 Å². The van der Waals surface area contributed by atoms with Gasteiger partial charge in [0.15, 0.2) is 5.13 Å². The third-order valence-electron chi connectivity index (χ3n) is 4.34. The smallest absolute Gasteiger partial charge is 0.181 e. The van der Waals surface area contributed by atoms with Crippen LogP contribution in [0, 0.1) is 6.92 Å². The molecule has 4 nitrogen and oxygen atoms in total. The third kappa shape index (κ3) is 4.16. The highest BCUT2D eigenvalue weighted by atomic mass is 35.5. The Hall–Kier alpha value is -2.89. The number of thiazole rings is 1. The average Bonchev–Trinajstić information content (AvgIpc) is 3.10. The highest BCUT2D eigenvalue weighted by molar-refractivity contribution is 7.19. The van der Waals surface area contributed by atoms with Crippen molar-refractivity contribution in [3.8, 4) is 21.7 Å². The van der Waals surface area contributed by atoms with Gasteiger partial charge < -0.3 is 11.1 Å². The van der Waals surface area contributed by atoms with Gasteiger partial charge >= 0.3 is 0 Å². The van der Waals surface area contributed by atoms with Gasteiger partial charge in [0.1, 0.15) is 5.82 Å². The number of benzene rings is 2. The fourth-order valence-electron chi connectivity index (χ4n) is 2.98. The second-order valence-electron chi connectivity index (χ2n) is 6.51. The van der Waals surface area contributed by atoms with Crippen LogP contribution >= 0.6 is 22.9 Å². The minimum Gasteiger partial charge on any atom is -0.375 e. The van der Waals surface area contributed by atoms with Gasteiger partial charge in [-0.15, -0.1) is 0 Å². The summed E-state index contributed by atoms with van der Waals surface area (Å²) in [6.45, 7) is 2.74. The molecule has 0 aliphatic rings. The number of nitrogens with one attached hydrogen (secondary N) is 1. The Morgan fingerprint density at radius 3 is 2.64 bits per heavy atom. The molecule has 4 aromatic rings. The number of hydrogen-bond acceptors (Lipinski definition) is 5. The van der Waals surface area contributed by atoms with Crippen LogP contribution in [0.3, 0.4) is 0 Å². The van der Waals surface area contributed by atoms with Crippen LogP contribution in [0.4, 0.5) is 10.9 Å². The van der Waals surface area contributed by atoms with E-state index in [1.165, 1.54) is 16.9 Å². The first-order chi connectivity index (χ1) is 13.6. The van der Waals surface area contributed by atoms with Crippen LogP contribution in [0.25, 0.3) is 21.7 Å². The number of rotatable bonds is 5. The van der Waals surface area contributed by atoms with Crippen molar-refractivity contribution in [3.63, 3.8) is 0 Å². The molecule has 0 amide bonds. The Labute approximate surface area is 173 Å². The molecule has 140 valence electrons. The summed E-state index contributed by atoms with van der Waals surface area (Å²) in [5.74, 6) is 0.801. The summed E-state index contributed by atoms with van der Waals surface area (Å²) in [6, 6.07) is 20.1. The number of nitrogens with zero attached hydrogens (tertiary/aromatic N) is 2. The second-order valence-corrected chi connectivity index (χ2v) is 7.98. The third-order valence-corrected chi connectivity index (χ3v) is 5.53. The van der Waals surface area contributed by atoms with Crippen LogP contribution in [-0.4, -0.2) is 9.97 Å². The molecule has 2 aromatic heterocycles. The Kier molecular flexibility index (Phi) is 5.28. The minimum atomic E-state index is 0.555. The summed E-state index contributed by atoms with van der Waals surface area (Å²) in [6.07, 6.45) is 1.80. The number of hydrogen-bond donors (Lipinski definition) is 2. The monoisotopic (exact) mass is 406 g/mol. The molecule has 0 unspecified atom stereocenters. The fraction of sp³-hybridized carbons (Fsp3) is 0.0909. The van der Waals surface area contributed by atoms with Crippen molar-refractivity contribution >= 4 is 33.9 Å². The Bertz CT molecular complexity index is 1110. The van der Waals surface area contributed by atoms with Gasteiger partial charge in [-0.1, -0.05) is 58.8 Å². The summed E-state index contributed by atoms with van der Waals surface area (Å²) >= 11 is 7.44. The molecule has 28 heavy (non-hydrogen) atoms. The largest absolute Gasteiger partial charge is 0.375 e. The quantitative estimate of drug-likeness (QED) is 0.424. The predicted octanol–water partition coefficient (Wildman–Crippen LogP) is 6.03. The number of halogens is 1. The van der Waals surface area contributed by atoms with Crippen LogP contribution in [0.1, 0.15) is 11.1 Å². The molecular formula is C22H19ClN4S. The summed E-state index contributed by atoms with van der Waals surface area (Å²) in [5, 5.41) is 4.65. The van der Waals surface area contributed by atoms with Crippen molar-refractivity contribution in [2.45, 2.75) is 13.5 Å². The molecule has 0 saturated carbocycles. The number of aromatic nitrogens is 2. The highest BCUT2D eigenvalue weighted by Gasteiger charge is 2.14. The van der Waals surface area contributed by atoms with E-state index in [4.69, 9.17) is 17.3 Å². The fourth-order valence-corrected chi connectivity index (χ4v) is 3.96. The Morgan fingerprint density at radius 1 is 1.04 bits per heavy atom. The first-order valence-electron chi connectivity index (χ1n) is 8.86. The maximum Gasteiger partial charge on any atom is 0.181 e. The summed E-state index contributed by atoms with van der Waals surface area (Å²) in [7, 11) is 0. The van der Waals surface area contributed by atoms with Crippen molar-refractivity contribution in [1.29, 1.82) is 0 Å². The van der Waals surface area contributed by atoms with Crippen molar-refractivity contribution in [3.05, 3.63) is 83.0 Å². The van der Waals surface area contributed by atoms with E-state index in [9.17, 15) is 0 Å². The maximum atomic E-state index is 6.04. The lowest BCUT2D eigenvalue weighted by Gasteiger charge is -2.08. The summed E-state index contributed by atoms with van der Waals surface area (Å²) < 4.78 is 0. The van der Waals surface area contributed by atoms with Gasteiger partial charge in [-0.25, -0.2) is 9.97 Å². The molecule has 0 aliphatic heterocycles. The molecule has 0 atom stereocenters. The predicted molar refractivity (Wildman–Crippen MR) is 119 cm³/mol. The van der Waals surface area contributed by atoms with E-state index in [1.807, 2.05) is 42.5 Å². The zero-order valence-electron chi connectivity index (χ0n) is 15.3. The van der Waals surface area contributed by atoms with Crippen molar-refractivity contribution in [2.75, 3.05) is 11.1 Å². The van der Waals surface area contributed by atoms with Crippen molar-refractivity contribution < 1.29 is 0 Å². The molecule has 0 bridgehead atoms. The Morgan fingerprint density at radius 2 is 1.86 bits per heavy atom. The first kappa shape index (κ1) is 18.5.